The molecule has 29 heavy (non-hydrogen) atoms. The first kappa shape index (κ1) is 19.4. The SMILES string of the molecule is CCC1CC1(NC(=O)c1ccc(CN2C(=O)CCC2=O)cc1)c1cccc(C)c1. The van der Waals surface area contributed by atoms with E-state index >= 15 is 0 Å². The molecule has 3 amide bonds. The molecule has 2 aromatic rings. The molecule has 0 aromatic heterocycles. The average Bonchev–Trinajstić information content (AvgIpc) is 3.35. The van der Waals surface area contributed by atoms with Crippen LogP contribution in [0.4, 0.5) is 0 Å². The van der Waals surface area contributed by atoms with Crippen LogP contribution in [0.2, 0.25) is 0 Å². The van der Waals surface area contributed by atoms with Gasteiger partial charge in [0.2, 0.25) is 11.8 Å². The quantitative estimate of drug-likeness (QED) is 0.765. The number of likely N-dealkylation sites (tertiary alicyclic amines) is 1. The largest absolute Gasteiger partial charge is 0.342 e. The third-order valence-electron chi connectivity index (χ3n) is 6.18. The summed E-state index contributed by atoms with van der Waals surface area (Å²) in [4.78, 5) is 37.8. The van der Waals surface area contributed by atoms with Crippen LogP contribution < -0.4 is 5.32 Å². The van der Waals surface area contributed by atoms with Gasteiger partial charge in [0.05, 0.1) is 12.1 Å². The van der Waals surface area contributed by atoms with Crippen molar-refractivity contribution in [3.05, 3.63) is 70.8 Å². The molecule has 1 aliphatic carbocycles. The van der Waals surface area contributed by atoms with E-state index in [0.717, 1.165) is 18.4 Å². The maximum Gasteiger partial charge on any atom is 0.251 e. The zero-order valence-electron chi connectivity index (χ0n) is 16.9. The van der Waals surface area contributed by atoms with E-state index < -0.39 is 0 Å². The molecule has 5 heteroatoms. The number of nitrogens with one attached hydrogen (secondary N) is 1. The van der Waals surface area contributed by atoms with Crippen molar-refractivity contribution >= 4 is 17.7 Å². The van der Waals surface area contributed by atoms with Gasteiger partial charge in [-0.2, -0.15) is 0 Å². The zero-order valence-corrected chi connectivity index (χ0v) is 16.9. The fourth-order valence-electron chi connectivity index (χ4n) is 4.34. The molecular formula is C24H26N2O3. The lowest BCUT2D eigenvalue weighted by Crippen LogP contribution is -2.36. The highest BCUT2D eigenvalue weighted by molar-refractivity contribution is 6.01. The summed E-state index contributed by atoms with van der Waals surface area (Å²) in [5.74, 6) is 0.0922. The number of nitrogens with zero attached hydrogens (tertiary/aromatic N) is 1. The van der Waals surface area contributed by atoms with Gasteiger partial charge < -0.3 is 5.32 Å². The molecule has 2 unspecified atom stereocenters. The van der Waals surface area contributed by atoms with Gasteiger partial charge in [0.15, 0.2) is 0 Å². The zero-order chi connectivity index (χ0) is 20.6. The third kappa shape index (κ3) is 3.69. The molecule has 2 aliphatic rings. The van der Waals surface area contributed by atoms with Crippen molar-refractivity contribution in [2.45, 2.75) is 51.6 Å². The number of hydrogen-bond acceptors (Lipinski definition) is 3. The van der Waals surface area contributed by atoms with Crippen LogP contribution in [0.1, 0.15) is 59.7 Å². The van der Waals surface area contributed by atoms with Gasteiger partial charge in [0, 0.05) is 18.4 Å². The van der Waals surface area contributed by atoms with E-state index in [1.54, 1.807) is 12.1 Å². The highest BCUT2D eigenvalue weighted by Crippen LogP contribution is 2.54. The number of aryl methyl sites for hydroxylation is 1. The Kier molecular flexibility index (Phi) is 4.99. The van der Waals surface area contributed by atoms with Crippen LogP contribution in [-0.4, -0.2) is 22.6 Å². The number of carbonyl (C=O) groups is 3. The second kappa shape index (κ2) is 7.47. The molecule has 2 fully saturated rings. The second-order valence-corrected chi connectivity index (χ2v) is 8.17. The Hall–Kier alpha value is -2.95. The Morgan fingerprint density at radius 1 is 1.10 bits per heavy atom. The predicted molar refractivity (Wildman–Crippen MR) is 110 cm³/mol. The van der Waals surface area contributed by atoms with E-state index in [1.165, 1.54) is 16.0 Å². The summed E-state index contributed by atoms with van der Waals surface area (Å²) in [6.07, 6.45) is 2.55. The fourth-order valence-corrected chi connectivity index (χ4v) is 4.34. The molecule has 2 atom stereocenters. The number of benzene rings is 2. The van der Waals surface area contributed by atoms with Crippen molar-refractivity contribution in [1.29, 1.82) is 0 Å². The topological polar surface area (TPSA) is 66.5 Å². The van der Waals surface area contributed by atoms with Gasteiger partial charge in [-0.05, 0) is 42.5 Å². The summed E-state index contributed by atoms with van der Waals surface area (Å²) in [7, 11) is 0. The number of amides is 3. The summed E-state index contributed by atoms with van der Waals surface area (Å²) < 4.78 is 0. The molecule has 1 aliphatic heterocycles. The molecule has 1 saturated heterocycles. The van der Waals surface area contributed by atoms with Gasteiger partial charge in [-0.15, -0.1) is 0 Å². The molecule has 1 heterocycles. The molecule has 2 aromatic carbocycles. The van der Waals surface area contributed by atoms with Gasteiger partial charge in [0.1, 0.15) is 0 Å². The van der Waals surface area contributed by atoms with Crippen LogP contribution in [0.3, 0.4) is 0 Å². The monoisotopic (exact) mass is 390 g/mol. The number of rotatable bonds is 6. The van der Waals surface area contributed by atoms with Crippen molar-refractivity contribution in [3.63, 3.8) is 0 Å². The van der Waals surface area contributed by atoms with Crippen molar-refractivity contribution in [3.8, 4) is 0 Å². The Bertz CT molecular complexity index is 950. The highest BCUT2D eigenvalue weighted by Gasteiger charge is 2.55. The summed E-state index contributed by atoms with van der Waals surface area (Å²) in [5, 5.41) is 3.28. The van der Waals surface area contributed by atoms with E-state index in [9.17, 15) is 14.4 Å². The van der Waals surface area contributed by atoms with Crippen LogP contribution in [0.5, 0.6) is 0 Å². The van der Waals surface area contributed by atoms with Crippen molar-refractivity contribution in [1.82, 2.24) is 10.2 Å². The lowest BCUT2D eigenvalue weighted by molar-refractivity contribution is -0.139. The van der Waals surface area contributed by atoms with Crippen LogP contribution in [0.15, 0.2) is 48.5 Å². The maximum absolute atomic E-state index is 13.0. The normalized spacial score (nSPS) is 23.4. The van der Waals surface area contributed by atoms with E-state index in [4.69, 9.17) is 0 Å². The summed E-state index contributed by atoms with van der Waals surface area (Å²) in [6, 6.07) is 15.5. The molecule has 0 radical (unpaired) electrons. The Balaban J connectivity index is 1.48. The molecule has 1 N–H and O–H groups in total. The van der Waals surface area contributed by atoms with E-state index in [0.29, 0.717) is 24.3 Å². The van der Waals surface area contributed by atoms with E-state index in [-0.39, 0.29) is 29.8 Å². The molecule has 0 bridgehead atoms. The average molecular weight is 390 g/mol. The van der Waals surface area contributed by atoms with Gasteiger partial charge >= 0.3 is 0 Å². The van der Waals surface area contributed by atoms with Crippen LogP contribution >= 0.6 is 0 Å². The Morgan fingerprint density at radius 3 is 2.38 bits per heavy atom. The van der Waals surface area contributed by atoms with Crippen molar-refractivity contribution < 1.29 is 14.4 Å². The minimum Gasteiger partial charge on any atom is -0.342 e. The third-order valence-corrected chi connectivity index (χ3v) is 6.18. The van der Waals surface area contributed by atoms with Gasteiger partial charge in [-0.25, -0.2) is 0 Å². The van der Waals surface area contributed by atoms with Crippen molar-refractivity contribution in [2.75, 3.05) is 0 Å². The summed E-state index contributed by atoms with van der Waals surface area (Å²) in [5.41, 5.74) is 3.50. The van der Waals surface area contributed by atoms with Gasteiger partial charge in [0.25, 0.3) is 5.91 Å². The van der Waals surface area contributed by atoms with Crippen LogP contribution in [-0.2, 0) is 21.7 Å². The Labute approximate surface area is 171 Å². The first-order valence-corrected chi connectivity index (χ1v) is 10.2. The first-order valence-electron chi connectivity index (χ1n) is 10.2. The lowest BCUT2D eigenvalue weighted by Gasteiger charge is -2.21. The van der Waals surface area contributed by atoms with Gasteiger partial charge in [-0.1, -0.05) is 55.3 Å². The molecule has 5 nitrogen and oxygen atoms in total. The summed E-state index contributed by atoms with van der Waals surface area (Å²) in [6.45, 7) is 4.49. The van der Waals surface area contributed by atoms with Crippen molar-refractivity contribution in [2.24, 2.45) is 5.92 Å². The molecular weight excluding hydrogens is 364 g/mol. The second-order valence-electron chi connectivity index (χ2n) is 8.17. The number of carbonyl (C=O) groups excluding carboxylic acids is 3. The lowest BCUT2D eigenvalue weighted by atomic mass is 9.98. The molecule has 0 spiro atoms. The van der Waals surface area contributed by atoms with Crippen LogP contribution in [0.25, 0.3) is 0 Å². The molecule has 150 valence electrons. The summed E-state index contributed by atoms with van der Waals surface area (Å²) >= 11 is 0. The molecule has 1 saturated carbocycles. The Morgan fingerprint density at radius 2 is 1.79 bits per heavy atom. The smallest absolute Gasteiger partial charge is 0.251 e. The standard InChI is InChI=1S/C24H26N2O3/c1-3-19-14-24(19,20-6-4-5-16(2)13-20)25-23(29)18-9-7-17(8-10-18)15-26-21(27)11-12-22(26)28/h4-10,13,19H,3,11-12,14-15H2,1-2H3,(H,25,29). The number of hydrogen-bond donors (Lipinski definition) is 1. The highest BCUT2D eigenvalue weighted by atomic mass is 16.2. The fraction of sp³-hybridized carbons (Fsp3) is 0.375. The predicted octanol–water partition coefficient (Wildman–Crippen LogP) is 3.70. The van der Waals surface area contributed by atoms with E-state index in [2.05, 4.69) is 37.4 Å². The van der Waals surface area contributed by atoms with Gasteiger partial charge in [-0.3, -0.25) is 19.3 Å². The minimum absolute atomic E-state index is 0.0951. The maximum atomic E-state index is 13.0. The molecule has 4 rings (SSSR count). The van der Waals surface area contributed by atoms with E-state index in [1.807, 2.05) is 18.2 Å². The van der Waals surface area contributed by atoms with Crippen LogP contribution in [0, 0.1) is 12.8 Å². The minimum atomic E-state index is -0.287. The number of imide groups is 1. The first-order chi connectivity index (χ1) is 13.9.